The Morgan fingerprint density at radius 3 is 2.80 bits per heavy atom. The van der Waals surface area contributed by atoms with E-state index >= 15 is 0 Å². The highest BCUT2D eigenvalue weighted by Crippen LogP contribution is 2.28. The summed E-state index contributed by atoms with van der Waals surface area (Å²) >= 11 is 0. The van der Waals surface area contributed by atoms with Crippen molar-refractivity contribution in [2.75, 3.05) is 6.54 Å². The van der Waals surface area contributed by atoms with Crippen LogP contribution in [0.4, 0.5) is 0 Å². The van der Waals surface area contributed by atoms with Gasteiger partial charge in [-0.2, -0.15) is 0 Å². The summed E-state index contributed by atoms with van der Waals surface area (Å²) in [5.74, 6) is 1.04. The summed E-state index contributed by atoms with van der Waals surface area (Å²) < 4.78 is 0. The molecule has 58 valence electrons. The van der Waals surface area contributed by atoms with Crippen LogP contribution < -0.4 is 5.32 Å². The highest BCUT2D eigenvalue weighted by Gasteiger charge is 2.27. The van der Waals surface area contributed by atoms with E-state index in [9.17, 15) is 0 Å². The molecule has 1 saturated heterocycles. The molecule has 0 radical (unpaired) electrons. The number of hydrogen-bond donors (Lipinski definition) is 1. The molecule has 2 aliphatic rings. The maximum Gasteiger partial charge on any atom is 0.00958 e. The molecular formula is C9H17N. The van der Waals surface area contributed by atoms with Gasteiger partial charge in [-0.05, 0) is 31.7 Å². The molecule has 1 saturated carbocycles. The van der Waals surface area contributed by atoms with Gasteiger partial charge in [0.25, 0.3) is 0 Å². The maximum absolute atomic E-state index is 3.60. The maximum atomic E-state index is 3.60. The van der Waals surface area contributed by atoms with Crippen LogP contribution in [0.15, 0.2) is 0 Å². The molecule has 2 rings (SSSR count). The average Bonchev–Trinajstić information content (AvgIpc) is 2.28. The van der Waals surface area contributed by atoms with Gasteiger partial charge < -0.3 is 5.32 Å². The topological polar surface area (TPSA) is 12.0 Å². The lowest BCUT2D eigenvalue weighted by Gasteiger charge is -2.14. The minimum atomic E-state index is 0.905. The van der Waals surface area contributed by atoms with E-state index in [-0.39, 0.29) is 0 Å². The van der Waals surface area contributed by atoms with Crippen molar-refractivity contribution < 1.29 is 0 Å². The van der Waals surface area contributed by atoms with Crippen LogP contribution in [0.25, 0.3) is 0 Å². The van der Waals surface area contributed by atoms with Crippen molar-refractivity contribution in [2.24, 2.45) is 5.92 Å². The smallest absolute Gasteiger partial charge is 0.00958 e. The molecule has 1 nitrogen and oxygen atoms in total. The summed E-state index contributed by atoms with van der Waals surface area (Å²) in [5.41, 5.74) is 0. The molecule has 1 aliphatic carbocycles. The molecule has 2 fully saturated rings. The zero-order chi connectivity index (χ0) is 6.81. The van der Waals surface area contributed by atoms with Gasteiger partial charge in [-0.25, -0.2) is 0 Å². The third-order valence-electron chi connectivity index (χ3n) is 3.08. The van der Waals surface area contributed by atoms with Crippen molar-refractivity contribution in [3.05, 3.63) is 0 Å². The molecule has 0 unspecified atom stereocenters. The minimum Gasteiger partial charge on any atom is -0.314 e. The zero-order valence-electron chi connectivity index (χ0n) is 6.60. The second-order valence-corrected chi connectivity index (χ2v) is 3.75. The summed E-state index contributed by atoms with van der Waals surface area (Å²) in [6.45, 7) is 1.29. The lowest BCUT2D eigenvalue weighted by atomic mass is 9.96. The fraction of sp³-hybridized carbons (Fsp3) is 1.00. The third-order valence-corrected chi connectivity index (χ3v) is 3.08. The Labute approximate surface area is 63.2 Å². The zero-order valence-corrected chi connectivity index (χ0v) is 6.60. The largest absolute Gasteiger partial charge is 0.314 e. The SMILES string of the molecule is C1CC[C@@H]2CCN[C@H]2CC1. The monoisotopic (exact) mass is 139 g/mol. The Morgan fingerprint density at radius 1 is 0.900 bits per heavy atom. The first-order valence-corrected chi connectivity index (χ1v) is 4.70. The van der Waals surface area contributed by atoms with Gasteiger partial charge in [0, 0.05) is 6.04 Å². The summed E-state index contributed by atoms with van der Waals surface area (Å²) in [6.07, 6.45) is 8.83. The first kappa shape index (κ1) is 6.66. The quantitative estimate of drug-likeness (QED) is 0.540. The molecule has 1 N–H and O–H groups in total. The van der Waals surface area contributed by atoms with E-state index < -0.39 is 0 Å². The van der Waals surface area contributed by atoms with E-state index in [2.05, 4.69) is 5.32 Å². The minimum absolute atomic E-state index is 0.905. The van der Waals surface area contributed by atoms with E-state index in [0.29, 0.717) is 0 Å². The molecule has 0 aromatic rings. The molecule has 0 bridgehead atoms. The predicted molar refractivity (Wildman–Crippen MR) is 43.0 cm³/mol. The summed E-state index contributed by atoms with van der Waals surface area (Å²) in [5, 5.41) is 3.60. The predicted octanol–water partition coefficient (Wildman–Crippen LogP) is 1.93. The number of hydrogen-bond acceptors (Lipinski definition) is 1. The van der Waals surface area contributed by atoms with Gasteiger partial charge in [-0.15, -0.1) is 0 Å². The van der Waals surface area contributed by atoms with E-state index in [0.717, 1.165) is 12.0 Å². The van der Waals surface area contributed by atoms with E-state index in [1.807, 2.05) is 0 Å². The first-order chi connectivity index (χ1) is 4.97. The number of rotatable bonds is 0. The first-order valence-electron chi connectivity index (χ1n) is 4.70. The van der Waals surface area contributed by atoms with Gasteiger partial charge in [0.15, 0.2) is 0 Å². The van der Waals surface area contributed by atoms with Crippen LogP contribution in [0.5, 0.6) is 0 Å². The van der Waals surface area contributed by atoms with Gasteiger partial charge >= 0.3 is 0 Å². The Morgan fingerprint density at radius 2 is 1.80 bits per heavy atom. The van der Waals surface area contributed by atoms with Gasteiger partial charge in [-0.1, -0.05) is 19.3 Å². The van der Waals surface area contributed by atoms with E-state index in [1.165, 1.54) is 45.1 Å². The summed E-state index contributed by atoms with van der Waals surface area (Å²) in [7, 11) is 0. The van der Waals surface area contributed by atoms with Crippen molar-refractivity contribution in [3.63, 3.8) is 0 Å². The highest BCUT2D eigenvalue weighted by atomic mass is 14.9. The van der Waals surface area contributed by atoms with Crippen LogP contribution in [0, 0.1) is 5.92 Å². The van der Waals surface area contributed by atoms with Crippen LogP contribution in [0.3, 0.4) is 0 Å². The van der Waals surface area contributed by atoms with Crippen molar-refractivity contribution in [2.45, 2.75) is 44.6 Å². The fourth-order valence-corrected chi connectivity index (χ4v) is 2.45. The highest BCUT2D eigenvalue weighted by molar-refractivity contribution is 4.85. The number of nitrogens with one attached hydrogen (secondary N) is 1. The molecule has 0 spiro atoms. The lowest BCUT2D eigenvalue weighted by molar-refractivity contribution is 0.425. The van der Waals surface area contributed by atoms with Gasteiger partial charge in [0.05, 0.1) is 0 Å². The van der Waals surface area contributed by atoms with Crippen molar-refractivity contribution >= 4 is 0 Å². The van der Waals surface area contributed by atoms with Crippen molar-refractivity contribution in [3.8, 4) is 0 Å². The molecular weight excluding hydrogens is 122 g/mol. The van der Waals surface area contributed by atoms with Crippen LogP contribution in [0.2, 0.25) is 0 Å². The molecule has 10 heavy (non-hydrogen) atoms. The van der Waals surface area contributed by atoms with Crippen LogP contribution in [-0.2, 0) is 0 Å². The molecule has 1 heteroatoms. The normalized spacial score (nSPS) is 40.8. The van der Waals surface area contributed by atoms with Crippen molar-refractivity contribution in [1.82, 2.24) is 5.32 Å². The Hall–Kier alpha value is -0.0400. The van der Waals surface area contributed by atoms with E-state index in [1.54, 1.807) is 0 Å². The van der Waals surface area contributed by atoms with Crippen molar-refractivity contribution in [1.29, 1.82) is 0 Å². The summed E-state index contributed by atoms with van der Waals surface area (Å²) in [6, 6.07) is 0.905. The molecule has 1 heterocycles. The molecule has 0 amide bonds. The van der Waals surface area contributed by atoms with Crippen LogP contribution >= 0.6 is 0 Å². The Bertz CT molecular complexity index is 99.3. The Kier molecular flexibility index (Phi) is 1.94. The Balaban J connectivity index is 1.95. The van der Waals surface area contributed by atoms with Crippen LogP contribution in [0.1, 0.15) is 38.5 Å². The second kappa shape index (κ2) is 2.91. The molecule has 1 aliphatic heterocycles. The molecule has 2 atom stereocenters. The fourth-order valence-electron chi connectivity index (χ4n) is 2.45. The van der Waals surface area contributed by atoms with Gasteiger partial charge in [0.2, 0.25) is 0 Å². The summed E-state index contributed by atoms with van der Waals surface area (Å²) in [4.78, 5) is 0. The molecule has 0 aromatic heterocycles. The van der Waals surface area contributed by atoms with E-state index in [4.69, 9.17) is 0 Å². The standard InChI is InChI=1S/C9H17N/c1-2-4-8-6-7-10-9(8)5-3-1/h8-10H,1-7H2/t8-,9+/m1/s1. The third kappa shape index (κ3) is 1.20. The van der Waals surface area contributed by atoms with Gasteiger partial charge in [0.1, 0.15) is 0 Å². The second-order valence-electron chi connectivity index (χ2n) is 3.75. The van der Waals surface area contributed by atoms with Crippen LogP contribution in [-0.4, -0.2) is 12.6 Å². The lowest BCUT2D eigenvalue weighted by Crippen LogP contribution is -2.25. The molecule has 0 aromatic carbocycles. The van der Waals surface area contributed by atoms with Gasteiger partial charge in [-0.3, -0.25) is 0 Å². The number of fused-ring (bicyclic) bond motifs is 1. The average molecular weight is 139 g/mol.